The van der Waals surface area contributed by atoms with Gasteiger partial charge in [0.2, 0.25) is 17.7 Å². The van der Waals surface area contributed by atoms with Gasteiger partial charge < -0.3 is 15.5 Å². The van der Waals surface area contributed by atoms with Crippen molar-refractivity contribution in [2.24, 2.45) is 29.6 Å². The fraction of sp³-hybridized carbons (Fsp3) is 0.885. The number of hydrogen-bond donors (Lipinski definition) is 2. The molecular formula is C26H47N3O3. The lowest BCUT2D eigenvalue weighted by atomic mass is 9.89. The van der Waals surface area contributed by atoms with E-state index in [1.807, 2.05) is 4.90 Å². The minimum absolute atomic E-state index is 0.0107. The Kier molecular flexibility index (Phi) is 10.5. The maximum absolute atomic E-state index is 12.8. The van der Waals surface area contributed by atoms with Crippen molar-refractivity contribution in [2.45, 2.75) is 105 Å². The first-order valence-corrected chi connectivity index (χ1v) is 12.9. The summed E-state index contributed by atoms with van der Waals surface area (Å²) < 4.78 is 0. The van der Waals surface area contributed by atoms with E-state index >= 15 is 0 Å². The Bertz CT molecular complexity index is 618. The summed E-state index contributed by atoms with van der Waals surface area (Å²) in [6.45, 7) is 14.3. The summed E-state index contributed by atoms with van der Waals surface area (Å²) in [5, 5.41) is 6.43. The van der Waals surface area contributed by atoms with Crippen molar-refractivity contribution in [3.63, 3.8) is 0 Å². The number of nitrogens with one attached hydrogen (secondary N) is 2. The summed E-state index contributed by atoms with van der Waals surface area (Å²) in [6, 6.07) is 0.439. The Balaban J connectivity index is 1.66. The summed E-state index contributed by atoms with van der Waals surface area (Å²) in [7, 11) is 0. The van der Waals surface area contributed by atoms with Crippen molar-refractivity contribution in [1.29, 1.82) is 0 Å². The zero-order valence-electron chi connectivity index (χ0n) is 21.3. The van der Waals surface area contributed by atoms with E-state index in [-0.39, 0.29) is 35.7 Å². The molecular weight excluding hydrogens is 402 g/mol. The quantitative estimate of drug-likeness (QED) is 0.555. The molecule has 0 bridgehead atoms. The van der Waals surface area contributed by atoms with E-state index in [0.29, 0.717) is 49.6 Å². The average Bonchev–Trinajstić information content (AvgIpc) is 2.74. The molecule has 2 rings (SSSR count). The number of amides is 3. The molecule has 0 spiro atoms. The van der Waals surface area contributed by atoms with E-state index in [4.69, 9.17) is 0 Å². The maximum Gasteiger partial charge on any atom is 0.223 e. The normalized spacial score (nSPS) is 24.3. The van der Waals surface area contributed by atoms with Gasteiger partial charge in [0, 0.05) is 43.9 Å². The molecule has 6 nitrogen and oxygen atoms in total. The lowest BCUT2D eigenvalue weighted by Crippen LogP contribution is -2.48. The van der Waals surface area contributed by atoms with Gasteiger partial charge in [0.15, 0.2) is 0 Å². The van der Waals surface area contributed by atoms with Gasteiger partial charge in [-0.2, -0.15) is 0 Å². The summed E-state index contributed by atoms with van der Waals surface area (Å²) in [5.74, 6) is 2.35. The van der Waals surface area contributed by atoms with Crippen molar-refractivity contribution < 1.29 is 14.4 Å². The van der Waals surface area contributed by atoms with Gasteiger partial charge in [-0.25, -0.2) is 0 Å². The van der Waals surface area contributed by atoms with Gasteiger partial charge >= 0.3 is 0 Å². The van der Waals surface area contributed by atoms with E-state index in [9.17, 15) is 14.4 Å². The highest BCUT2D eigenvalue weighted by Gasteiger charge is 2.30. The van der Waals surface area contributed by atoms with Crippen LogP contribution in [0.2, 0.25) is 0 Å². The maximum atomic E-state index is 12.8. The molecule has 1 saturated carbocycles. The van der Waals surface area contributed by atoms with E-state index in [1.54, 1.807) is 0 Å². The van der Waals surface area contributed by atoms with E-state index in [0.717, 1.165) is 38.5 Å². The Hall–Kier alpha value is -1.59. The van der Waals surface area contributed by atoms with Crippen LogP contribution in [-0.2, 0) is 14.4 Å². The Morgan fingerprint density at radius 3 is 1.69 bits per heavy atom. The highest BCUT2D eigenvalue weighted by atomic mass is 16.2. The molecule has 2 N–H and O–H groups in total. The molecule has 0 aromatic heterocycles. The number of piperidine rings is 1. The van der Waals surface area contributed by atoms with Crippen LogP contribution in [0.4, 0.5) is 0 Å². The Morgan fingerprint density at radius 2 is 1.19 bits per heavy atom. The molecule has 2 fully saturated rings. The molecule has 2 atom stereocenters. The van der Waals surface area contributed by atoms with Crippen LogP contribution in [0.1, 0.15) is 92.9 Å². The second-order valence-corrected chi connectivity index (χ2v) is 11.1. The minimum Gasteiger partial charge on any atom is -0.353 e. The van der Waals surface area contributed by atoms with Crippen molar-refractivity contribution in [3.05, 3.63) is 0 Å². The summed E-state index contributed by atoms with van der Waals surface area (Å²) in [4.78, 5) is 39.5. The molecule has 0 unspecified atom stereocenters. The van der Waals surface area contributed by atoms with Crippen LogP contribution in [0.3, 0.4) is 0 Å². The van der Waals surface area contributed by atoms with Gasteiger partial charge in [0.25, 0.3) is 0 Å². The van der Waals surface area contributed by atoms with Crippen LogP contribution in [0.15, 0.2) is 0 Å². The van der Waals surface area contributed by atoms with Crippen molar-refractivity contribution in [3.8, 4) is 0 Å². The van der Waals surface area contributed by atoms with Crippen LogP contribution < -0.4 is 10.6 Å². The van der Waals surface area contributed by atoms with Crippen molar-refractivity contribution in [1.82, 2.24) is 15.5 Å². The molecule has 0 radical (unpaired) electrons. The van der Waals surface area contributed by atoms with Crippen LogP contribution in [-0.4, -0.2) is 47.8 Å². The first kappa shape index (κ1) is 26.7. The van der Waals surface area contributed by atoms with Gasteiger partial charge in [0.05, 0.1) is 0 Å². The molecule has 1 saturated heterocycles. The lowest BCUT2D eigenvalue weighted by Gasteiger charge is -2.34. The molecule has 2 aliphatic rings. The minimum atomic E-state index is 0.0107. The number of carbonyl (C=O) groups excluding carboxylic acids is 3. The van der Waals surface area contributed by atoms with Crippen LogP contribution in [0, 0.1) is 29.6 Å². The highest BCUT2D eigenvalue weighted by Crippen LogP contribution is 2.24. The molecule has 1 aliphatic carbocycles. The topological polar surface area (TPSA) is 78.5 Å². The van der Waals surface area contributed by atoms with E-state index in [2.05, 4.69) is 52.2 Å². The van der Waals surface area contributed by atoms with Crippen molar-refractivity contribution >= 4 is 17.7 Å². The van der Waals surface area contributed by atoms with Crippen molar-refractivity contribution in [2.75, 3.05) is 13.1 Å². The highest BCUT2D eigenvalue weighted by molar-refractivity contribution is 5.80. The molecule has 6 heteroatoms. The monoisotopic (exact) mass is 449 g/mol. The van der Waals surface area contributed by atoms with Gasteiger partial charge in [-0.05, 0) is 62.2 Å². The third-order valence-corrected chi connectivity index (χ3v) is 7.94. The lowest BCUT2D eigenvalue weighted by molar-refractivity contribution is -0.136. The molecule has 0 aromatic carbocycles. The number of carbonyl (C=O) groups is 3. The predicted molar refractivity (Wildman–Crippen MR) is 129 cm³/mol. The zero-order chi connectivity index (χ0) is 23.8. The van der Waals surface area contributed by atoms with Gasteiger partial charge in [0.1, 0.15) is 0 Å². The number of rotatable bonds is 9. The molecule has 1 heterocycles. The first-order chi connectivity index (χ1) is 15.1. The average molecular weight is 450 g/mol. The summed E-state index contributed by atoms with van der Waals surface area (Å²) in [5.41, 5.74) is 0. The third-order valence-electron chi connectivity index (χ3n) is 7.94. The van der Waals surface area contributed by atoms with E-state index < -0.39 is 0 Å². The Morgan fingerprint density at radius 1 is 0.719 bits per heavy atom. The Labute approximate surface area is 195 Å². The zero-order valence-corrected chi connectivity index (χ0v) is 21.3. The SMILES string of the molecule is CC(C)[C@H](C)CC(=O)NC1CCC(NC(=O)C2CCN(C(=O)C[C@H](C)C(C)C)CC2)CC1. The first-order valence-electron chi connectivity index (χ1n) is 12.9. The molecule has 1 aliphatic heterocycles. The number of hydrogen-bond acceptors (Lipinski definition) is 3. The fourth-order valence-corrected chi connectivity index (χ4v) is 4.55. The van der Waals surface area contributed by atoms with Crippen LogP contribution in [0.25, 0.3) is 0 Å². The standard InChI is InChI=1S/C26H47N3O3/c1-17(2)19(5)15-24(30)27-22-7-9-23(10-8-22)28-26(32)21-11-13-29(14-12-21)25(31)16-20(6)18(3)4/h17-23H,7-16H2,1-6H3,(H,27,30)(H,28,32)/t19-,20+,22?,23?/m1/s1. The molecule has 184 valence electrons. The van der Waals surface area contributed by atoms with Gasteiger partial charge in [-0.3, -0.25) is 14.4 Å². The van der Waals surface area contributed by atoms with Crippen LogP contribution in [0.5, 0.6) is 0 Å². The summed E-state index contributed by atoms with van der Waals surface area (Å²) >= 11 is 0. The van der Waals surface area contributed by atoms with Gasteiger partial charge in [-0.15, -0.1) is 0 Å². The fourth-order valence-electron chi connectivity index (χ4n) is 4.55. The van der Waals surface area contributed by atoms with Gasteiger partial charge in [-0.1, -0.05) is 41.5 Å². The molecule has 32 heavy (non-hydrogen) atoms. The third kappa shape index (κ3) is 8.40. The second kappa shape index (κ2) is 12.6. The largest absolute Gasteiger partial charge is 0.353 e. The number of likely N-dealkylation sites (tertiary alicyclic amines) is 1. The summed E-state index contributed by atoms with van der Waals surface area (Å²) in [6.07, 6.45) is 6.39. The van der Waals surface area contributed by atoms with Crippen LogP contribution >= 0.6 is 0 Å². The van der Waals surface area contributed by atoms with E-state index in [1.165, 1.54) is 0 Å². The smallest absolute Gasteiger partial charge is 0.223 e. The molecule has 3 amide bonds. The second-order valence-electron chi connectivity index (χ2n) is 11.1. The number of nitrogens with zero attached hydrogens (tertiary/aromatic N) is 1. The molecule has 0 aromatic rings. The predicted octanol–water partition coefficient (Wildman–Crippen LogP) is 4.13.